The third-order valence-corrected chi connectivity index (χ3v) is 4.61. The van der Waals surface area contributed by atoms with Crippen LogP contribution in [0, 0.1) is 6.92 Å². The molecule has 2 rings (SSSR count). The van der Waals surface area contributed by atoms with E-state index in [4.69, 9.17) is 22.1 Å². The van der Waals surface area contributed by atoms with Crippen molar-refractivity contribution in [2.75, 3.05) is 0 Å². The van der Waals surface area contributed by atoms with Crippen molar-refractivity contribution in [1.29, 1.82) is 0 Å². The average Bonchev–Trinajstić information content (AvgIpc) is 2.64. The Hall–Kier alpha value is -1.04. The van der Waals surface area contributed by atoms with Crippen LogP contribution < -0.4 is 10.5 Å². The topological polar surface area (TPSA) is 53.1 Å². The van der Waals surface area contributed by atoms with Crippen LogP contribution in [0.15, 0.2) is 22.7 Å². The summed E-state index contributed by atoms with van der Waals surface area (Å²) in [6.07, 6.45) is 0.681. The fourth-order valence-corrected chi connectivity index (χ4v) is 2.87. The molecule has 1 aromatic carbocycles. The minimum atomic E-state index is 0.0259. The van der Waals surface area contributed by atoms with E-state index >= 15 is 0 Å². The molecule has 2 N–H and O–H groups in total. The van der Waals surface area contributed by atoms with Crippen molar-refractivity contribution >= 4 is 27.5 Å². The lowest BCUT2D eigenvalue weighted by molar-refractivity contribution is 0.290. The van der Waals surface area contributed by atoms with Crippen LogP contribution in [0.25, 0.3) is 0 Å². The lowest BCUT2D eigenvalue weighted by atomic mass is 10.1. The summed E-state index contributed by atoms with van der Waals surface area (Å²) < 4.78 is 8.74. The van der Waals surface area contributed by atoms with E-state index in [0.29, 0.717) is 18.1 Å². The number of benzene rings is 1. The minimum absolute atomic E-state index is 0.0259. The fraction of sp³-hybridized carbons (Fsp3) is 0.400. The molecular weight excluding hydrogens is 354 g/mol. The smallest absolute Gasteiger partial charge is 0.131 e. The Morgan fingerprint density at radius 2 is 2.19 bits per heavy atom. The van der Waals surface area contributed by atoms with Crippen molar-refractivity contribution in [3.05, 3.63) is 44.6 Å². The monoisotopic (exact) mass is 371 g/mol. The van der Waals surface area contributed by atoms with Crippen molar-refractivity contribution in [2.45, 2.75) is 32.9 Å². The summed E-state index contributed by atoms with van der Waals surface area (Å²) in [7, 11) is 1.90. The molecule has 0 amide bonds. The maximum absolute atomic E-state index is 6.26. The van der Waals surface area contributed by atoms with Crippen molar-refractivity contribution in [1.82, 2.24) is 9.78 Å². The summed E-state index contributed by atoms with van der Waals surface area (Å²) in [5.74, 6) is 0.769. The van der Waals surface area contributed by atoms with Crippen molar-refractivity contribution < 1.29 is 4.74 Å². The second-order valence-corrected chi connectivity index (χ2v) is 6.36. The lowest BCUT2D eigenvalue weighted by Gasteiger charge is -2.15. The molecule has 0 spiro atoms. The van der Waals surface area contributed by atoms with Gasteiger partial charge in [-0.05, 0) is 48.3 Å². The first-order chi connectivity index (χ1) is 9.90. The number of nitrogens with two attached hydrogens (primary N) is 1. The molecule has 1 heterocycles. The number of hydrogen-bond donors (Lipinski definition) is 1. The molecule has 0 aliphatic carbocycles. The molecule has 114 valence electrons. The SMILES string of the molecule is Cc1nn(C)c(COc2cccc(Cl)c2CC(C)N)c1Br. The van der Waals surface area contributed by atoms with Gasteiger partial charge in [-0.25, -0.2) is 0 Å². The highest BCUT2D eigenvalue weighted by atomic mass is 79.9. The van der Waals surface area contributed by atoms with Crippen molar-refractivity contribution in [2.24, 2.45) is 12.8 Å². The molecule has 6 heteroatoms. The first-order valence-electron chi connectivity index (χ1n) is 6.74. The Morgan fingerprint density at radius 3 is 2.76 bits per heavy atom. The minimum Gasteiger partial charge on any atom is -0.487 e. The molecule has 0 saturated heterocycles. The summed E-state index contributed by atoms with van der Waals surface area (Å²) in [4.78, 5) is 0. The van der Waals surface area contributed by atoms with Crippen LogP contribution in [-0.4, -0.2) is 15.8 Å². The highest BCUT2D eigenvalue weighted by Gasteiger charge is 2.14. The van der Waals surface area contributed by atoms with Crippen LogP contribution in [0.3, 0.4) is 0 Å². The van der Waals surface area contributed by atoms with E-state index in [0.717, 1.165) is 27.2 Å². The van der Waals surface area contributed by atoms with Gasteiger partial charge in [-0.1, -0.05) is 17.7 Å². The van der Waals surface area contributed by atoms with Crippen molar-refractivity contribution in [3.8, 4) is 5.75 Å². The van der Waals surface area contributed by atoms with Crippen LogP contribution >= 0.6 is 27.5 Å². The second-order valence-electron chi connectivity index (χ2n) is 5.16. The molecule has 21 heavy (non-hydrogen) atoms. The van der Waals surface area contributed by atoms with Gasteiger partial charge in [0.25, 0.3) is 0 Å². The predicted octanol–water partition coefficient (Wildman–Crippen LogP) is 3.61. The molecule has 0 aliphatic heterocycles. The molecule has 1 unspecified atom stereocenters. The Morgan fingerprint density at radius 1 is 1.48 bits per heavy atom. The standard InChI is InChI=1S/C15H19BrClN3O/c1-9(18)7-11-12(17)5-4-6-14(11)21-8-13-15(16)10(2)19-20(13)3/h4-6,9H,7-8,18H2,1-3H3. The Kier molecular flexibility index (Phi) is 5.30. The average molecular weight is 373 g/mol. The van der Waals surface area contributed by atoms with Gasteiger partial charge in [0.2, 0.25) is 0 Å². The zero-order valence-corrected chi connectivity index (χ0v) is 14.7. The van der Waals surface area contributed by atoms with E-state index in [9.17, 15) is 0 Å². The molecule has 0 bridgehead atoms. The largest absolute Gasteiger partial charge is 0.487 e. The molecule has 2 aromatic rings. The third kappa shape index (κ3) is 3.78. The zero-order chi connectivity index (χ0) is 15.6. The first-order valence-corrected chi connectivity index (χ1v) is 7.91. The van der Waals surface area contributed by atoms with E-state index in [-0.39, 0.29) is 6.04 Å². The van der Waals surface area contributed by atoms with Gasteiger partial charge in [0.05, 0.1) is 15.9 Å². The molecule has 0 saturated carbocycles. The number of rotatable bonds is 5. The quantitative estimate of drug-likeness (QED) is 0.872. The van der Waals surface area contributed by atoms with E-state index in [2.05, 4.69) is 21.0 Å². The fourth-order valence-electron chi connectivity index (χ4n) is 2.18. The first kappa shape index (κ1) is 16.3. The summed E-state index contributed by atoms with van der Waals surface area (Å²) in [5, 5.41) is 5.04. The maximum Gasteiger partial charge on any atom is 0.131 e. The number of ether oxygens (including phenoxy) is 1. The van der Waals surface area contributed by atoms with Gasteiger partial charge >= 0.3 is 0 Å². The van der Waals surface area contributed by atoms with Crippen LogP contribution in [0.4, 0.5) is 0 Å². The third-order valence-electron chi connectivity index (χ3n) is 3.23. The number of nitrogens with zero attached hydrogens (tertiary/aromatic N) is 2. The van der Waals surface area contributed by atoms with Gasteiger partial charge in [-0.2, -0.15) is 5.10 Å². The van der Waals surface area contributed by atoms with Crippen molar-refractivity contribution in [3.63, 3.8) is 0 Å². The molecule has 1 atom stereocenters. The van der Waals surface area contributed by atoms with E-state index < -0.39 is 0 Å². The molecule has 0 aliphatic rings. The van der Waals surface area contributed by atoms with E-state index in [1.807, 2.05) is 43.8 Å². The van der Waals surface area contributed by atoms with Gasteiger partial charge < -0.3 is 10.5 Å². The Bertz CT molecular complexity index is 640. The van der Waals surface area contributed by atoms with E-state index in [1.165, 1.54) is 0 Å². The lowest BCUT2D eigenvalue weighted by Crippen LogP contribution is -2.18. The number of halogens is 2. The molecule has 1 aromatic heterocycles. The van der Waals surface area contributed by atoms with Gasteiger partial charge in [0, 0.05) is 23.7 Å². The maximum atomic E-state index is 6.26. The second kappa shape index (κ2) is 6.81. The van der Waals surface area contributed by atoms with Gasteiger partial charge in [-0.15, -0.1) is 0 Å². The Labute approximate surface area is 138 Å². The molecule has 0 fully saturated rings. The van der Waals surface area contributed by atoms with Gasteiger partial charge in [0.15, 0.2) is 0 Å². The highest BCUT2D eigenvalue weighted by Crippen LogP contribution is 2.29. The number of hydrogen-bond acceptors (Lipinski definition) is 3. The normalized spacial score (nSPS) is 12.5. The molecular formula is C15H19BrClN3O. The number of aromatic nitrogens is 2. The van der Waals surface area contributed by atoms with Crippen LogP contribution in [0.2, 0.25) is 5.02 Å². The number of aryl methyl sites for hydroxylation is 2. The zero-order valence-electron chi connectivity index (χ0n) is 12.4. The van der Waals surface area contributed by atoms with Gasteiger partial charge in [0.1, 0.15) is 12.4 Å². The van der Waals surface area contributed by atoms with Crippen LogP contribution in [-0.2, 0) is 20.1 Å². The van der Waals surface area contributed by atoms with Crippen LogP contribution in [0.1, 0.15) is 23.9 Å². The van der Waals surface area contributed by atoms with Gasteiger partial charge in [-0.3, -0.25) is 4.68 Å². The summed E-state index contributed by atoms with van der Waals surface area (Å²) in [6.45, 7) is 4.33. The molecule has 4 nitrogen and oxygen atoms in total. The molecule has 0 radical (unpaired) electrons. The highest BCUT2D eigenvalue weighted by molar-refractivity contribution is 9.10. The Balaban J connectivity index is 2.22. The summed E-state index contributed by atoms with van der Waals surface area (Å²) in [5.41, 5.74) is 8.76. The summed E-state index contributed by atoms with van der Waals surface area (Å²) >= 11 is 9.80. The van der Waals surface area contributed by atoms with E-state index in [1.54, 1.807) is 0 Å². The van der Waals surface area contributed by atoms with Crippen LogP contribution in [0.5, 0.6) is 5.75 Å². The summed E-state index contributed by atoms with van der Waals surface area (Å²) in [6, 6.07) is 5.68. The predicted molar refractivity (Wildman–Crippen MR) is 88.8 cm³/mol.